The molecule has 0 N–H and O–H groups in total. The van der Waals surface area contributed by atoms with Crippen LogP contribution in [0.5, 0.6) is 5.75 Å². The Balaban J connectivity index is 1.65. The van der Waals surface area contributed by atoms with Crippen molar-refractivity contribution >= 4 is 39.3 Å². The minimum Gasteiger partial charge on any atom is -0.492 e. The normalized spacial score (nSPS) is 19.1. The smallest absolute Gasteiger partial charge is 0.229 e. The maximum atomic E-state index is 13.0. The van der Waals surface area contributed by atoms with Gasteiger partial charge < -0.3 is 9.64 Å². The van der Waals surface area contributed by atoms with Gasteiger partial charge in [-0.2, -0.15) is 5.26 Å². The summed E-state index contributed by atoms with van der Waals surface area (Å²) in [5, 5.41) is 10.7. The highest BCUT2D eigenvalue weighted by atomic mass is 79.9. The van der Waals surface area contributed by atoms with E-state index in [1.807, 2.05) is 55.5 Å². The first-order chi connectivity index (χ1) is 14.1. The van der Waals surface area contributed by atoms with Crippen LogP contribution in [0.25, 0.3) is 0 Å². The first kappa shape index (κ1) is 19.9. The van der Waals surface area contributed by atoms with Gasteiger partial charge >= 0.3 is 0 Å². The molecular weight excluding hydrogens is 450 g/mol. The molecule has 0 bridgehead atoms. The molecule has 148 valence electrons. The summed E-state index contributed by atoms with van der Waals surface area (Å²) in [6.45, 7) is 2.96. The summed E-state index contributed by atoms with van der Waals surface area (Å²) in [7, 11) is 0. The number of hydrogen-bond donors (Lipinski definition) is 0. The number of ether oxygens (including phenoxy) is 1. The minimum absolute atomic E-state index is 0.0398. The van der Waals surface area contributed by atoms with Gasteiger partial charge in [0, 0.05) is 16.8 Å². The number of fused-ring (bicyclic) bond motifs is 1. The third kappa shape index (κ3) is 3.87. The Morgan fingerprint density at radius 2 is 2.00 bits per heavy atom. The molecule has 1 unspecified atom stereocenters. The van der Waals surface area contributed by atoms with Crippen molar-refractivity contribution in [3.8, 4) is 11.8 Å². The van der Waals surface area contributed by atoms with Gasteiger partial charge in [0.2, 0.25) is 5.91 Å². The molecule has 7 heteroatoms. The molecule has 2 aliphatic rings. The molecule has 2 heterocycles. The fourth-order valence-electron chi connectivity index (χ4n) is 3.69. The zero-order chi connectivity index (χ0) is 20.4. The Kier molecular flexibility index (Phi) is 5.84. The lowest BCUT2D eigenvalue weighted by Crippen LogP contribution is -2.47. The van der Waals surface area contributed by atoms with E-state index in [9.17, 15) is 10.1 Å². The highest BCUT2D eigenvalue weighted by Gasteiger charge is 2.38. The standard InChI is InChI=1S/C22H20BrN3O2S/c1-2-28-20-6-4-3-5-19(20)25-13-26-21(27)11-17(15-7-9-16(23)10-8-15)18(12-24)22(26)29-14-25/h3-10,17H,2,11,13-14H2,1H3. The average Bonchev–Trinajstić information content (AvgIpc) is 2.75. The van der Waals surface area contributed by atoms with E-state index < -0.39 is 0 Å². The fourth-order valence-corrected chi connectivity index (χ4v) is 5.11. The van der Waals surface area contributed by atoms with Crippen molar-refractivity contribution in [3.05, 3.63) is 69.2 Å². The van der Waals surface area contributed by atoms with Gasteiger partial charge in [-0.05, 0) is 36.8 Å². The Hall–Kier alpha value is -2.43. The molecule has 0 aromatic heterocycles. The molecule has 0 aliphatic carbocycles. The molecule has 2 aliphatic heterocycles. The van der Waals surface area contributed by atoms with Crippen molar-refractivity contribution < 1.29 is 9.53 Å². The van der Waals surface area contributed by atoms with E-state index in [1.165, 1.54) is 11.8 Å². The highest BCUT2D eigenvalue weighted by molar-refractivity contribution is 9.10. The molecule has 0 spiro atoms. The number of benzene rings is 2. The summed E-state index contributed by atoms with van der Waals surface area (Å²) in [5.41, 5.74) is 2.63. The molecule has 0 radical (unpaired) electrons. The number of thioether (sulfide) groups is 1. The highest BCUT2D eigenvalue weighted by Crippen LogP contribution is 2.44. The molecule has 29 heavy (non-hydrogen) atoms. The summed E-state index contributed by atoms with van der Waals surface area (Å²) in [4.78, 5) is 16.9. The van der Waals surface area contributed by atoms with Crippen molar-refractivity contribution in [1.82, 2.24) is 4.90 Å². The monoisotopic (exact) mass is 469 g/mol. The van der Waals surface area contributed by atoms with E-state index in [-0.39, 0.29) is 11.8 Å². The summed E-state index contributed by atoms with van der Waals surface area (Å²) in [6, 6.07) is 18.1. The van der Waals surface area contributed by atoms with E-state index in [0.29, 0.717) is 31.1 Å². The molecule has 4 rings (SSSR count). The van der Waals surface area contributed by atoms with Crippen LogP contribution in [-0.2, 0) is 4.79 Å². The van der Waals surface area contributed by atoms with Crippen molar-refractivity contribution in [1.29, 1.82) is 5.26 Å². The maximum absolute atomic E-state index is 13.0. The van der Waals surface area contributed by atoms with Crippen LogP contribution < -0.4 is 9.64 Å². The van der Waals surface area contributed by atoms with E-state index in [4.69, 9.17) is 4.74 Å². The molecule has 1 amide bonds. The van der Waals surface area contributed by atoms with Gasteiger partial charge in [0.25, 0.3) is 0 Å². The summed E-state index contributed by atoms with van der Waals surface area (Å²) in [6.07, 6.45) is 0.301. The van der Waals surface area contributed by atoms with E-state index in [2.05, 4.69) is 26.9 Å². The second-order valence-electron chi connectivity index (χ2n) is 6.82. The number of anilines is 1. The molecule has 1 atom stereocenters. The Morgan fingerprint density at radius 1 is 1.24 bits per heavy atom. The molecule has 1 fully saturated rings. The van der Waals surface area contributed by atoms with Gasteiger partial charge in [-0.15, -0.1) is 0 Å². The second kappa shape index (κ2) is 8.52. The van der Waals surface area contributed by atoms with Crippen LogP contribution in [0.2, 0.25) is 0 Å². The van der Waals surface area contributed by atoms with Crippen LogP contribution >= 0.6 is 27.7 Å². The van der Waals surface area contributed by atoms with Crippen molar-refractivity contribution in [2.24, 2.45) is 0 Å². The third-order valence-corrected chi connectivity index (χ3v) is 6.75. The number of nitrogens with zero attached hydrogens (tertiary/aromatic N) is 3. The van der Waals surface area contributed by atoms with Crippen LogP contribution in [0, 0.1) is 11.3 Å². The van der Waals surface area contributed by atoms with Gasteiger partial charge in [-0.25, -0.2) is 0 Å². The van der Waals surface area contributed by atoms with Crippen LogP contribution in [0.4, 0.5) is 5.69 Å². The molecule has 0 saturated carbocycles. The van der Waals surface area contributed by atoms with E-state index in [1.54, 1.807) is 4.90 Å². The number of nitriles is 1. The first-order valence-corrected chi connectivity index (χ1v) is 11.2. The molecule has 2 aromatic carbocycles. The molecule has 1 saturated heterocycles. The fraction of sp³-hybridized carbons (Fsp3) is 0.273. The predicted molar refractivity (Wildman–Crippen MR) is 118 cm³/mol. The van der Waals surface area contributed by atoms with Crippen LogP contribution in [0.1, 0.15) is 24.8 Å². The topological polar surface area (TPSA) is 56.6 Å². The van der Waals surface area contributed by atoms with Gasteiger partial charge in [-0.1, -0.05) is 52.0 Å². The van der Waals surface area contributed by atoms with Gasteiger partial charge in [0.05, 0.1) is 41.5 Å². The van der Waals surface area contributed by atoms with Gasteiger partial charge in [0.15, 0.2) is 0 Å². The number of carbonyl (C=O) groups excluding carboxylic acids is 1. The maximum Gasteiger partial charge on any atom is 0.229 e. The summed E-state index contributed by atoms with van der Waals surface area (Å²) in [5.74, 6) is 1.31. The zero-order valence-electron chi connectivity index (χ0n) is 16.0. The van der Waals surface area contributed by atoms with Crippen molar-refractivity contribution in [2.75, 3.05) is 24.1 Å². The summed E-state index contributed by atoms with van der Waals surface area (Å²) >= 11 is 4.98. The number of hydrogen-bond acceptors (Lipinski definition) is 5. The lowest BCUT2D eigenvalue weighted by molar-refractivity contribution is -0.129. The number of amides is 1. The number of carbonyl (C=O) groups is 1. The summed E-state index contributed by atoms with van der Waals surface area (Å²) < 4.78 is 6.74. The average molecular weight is 470 g/mol. The molecule has 5 nitrogen and oxygen atoms in total. The Labute approximate surface area is 183 Å². The third-order valence-electron chi connectivity index (χ3n) is 5.07. The second-order valence-corrected chi connectivity index (χ2v) is 8.67. The van der Waals surface area contributed by atoms with Crippen LogP contribution in [-0.4, -0.2) is 30.0 Å². The molecule has 2 aromatic rings. The largest absolute Gasteiger partial charge is 0.492 e. The van der Waals surface area contributed by atoms with Crippen molar-refractivity contribution in [3.63, 3.8) is 0 Å². The van der Waals surface area contributed by atoms with Gasteiger partial charge in [-0.3, -0.25) is 9.69 Å². The number of para-hydroxylation sites is 2. The molecular formula is C22H20BrN3O2S. The van der Waals surface area contributed by atoms with Crippen molar-refractivity contribution in [2.45, 2.75) is 19.3 Å². The SMILES string of the molecule is CCOc1ccccc1N1CSC2=C(C#N)C(c3ccc(Br)cc3)CC(=O)N2C1. The van der Waals surface area contributed by atoms with Gasteiger partial charge in [0.1, 0.15) is 5.75 Å². The Morgan fingerprint density at radius 3 is 2.72 bits per heavy atom. The zero-order valence-corrected chi connectivity index (χ0v) is 18.4. The first-order valence-electron chi connectivity index (χ1n) is 9.42. The Bertz CT molecular complexity index is 1000. The lowest BCUT2D eigenvalue weighted by atomic mass is 9.86. The van der Waals surface area contributed by atoms with Crippen LogP contribution in [0.15, 0.2) is 63.6 Å². The quantitative estimate of drug-likeness (QED) is 0.625. The van der Waals surface area contributed by atoms with E-state index in [0.717, 1.165) is 26.5 Å². The number of rotatable bonds is 4. The number of allylic oxidation sites excluding steroid dienone is 1. The minimum atomic E-state index is -0.193. The number of halogens is 1. The lowest BCUT2D eigenvalue weighted by Gasteiger charge is -2.42. The van der Waals surface area contributed by atoms with Crippen LogP contribution in [0.3, 0.4) is 0 Å². The van der Waals surface area contributed by atoms with E-state index >= 15 is 0 Å². The predicted octanol–water partition coefficient (Wildman–Crippen LogP) is 5.07.